The predicted octanol–water partition coefficient (Wildman–Crippen LogP) is 11.9. The molecule has 8 rings (SSSR count). The normalized spacial score (nSPS) is 13.0. The van der Waals surface area contributed by atoms with Crippen LogP contribution in [0.3, 0.4) is 0 Å². The van der Waals surface area contributed by atoms with Gasteiger partial charge in [0, 0.05) is 22.4 Å². The second-order valence-electron chi connectivity index (χ2n) is 12.2. The third-order valence-electron chi connectivity index (χ3n) is 9.25. The predicted molar refractivity (Wildman–Crippen MR) is 187 cm³/mol. The molecule has 1 aliphatic carbocycles. The van der Waals surface area contributed by atoms with Gasteiger partial charge in [0.2, 0.25) is 0 Å². The molecule has 44 heavy (non-hydrogen) atoms. The minimum atomic E-state index is -0.106. The molecular formula is C43H33N. The van der Waals surface area contributed by atoms with Gasteiger partial charge in [-0.15, -0.1) is 0 Å². The molecule has 0 saturated carbocycles. The molecule has 0 fully saturated rings. The minimum absolute atomic E-state index is 0.106. The van der Waals surface area contributed by atoms with E-state index in [0.29, 0.717) is 0 Å². The lowest BCUT2D eigenvalue weighted by atomic mass is 9.82. The van der Waals surface area contributed by atoms with E-state index in [-0.39, 0.29) is 5.41 Å². The summed E-state index contributed by atoms with van der Waals surface area (Å²) < 4.78 is 0. The SMILES string of the molecule is CC1(C)c2cc3ccccc3cc2-c2c(N(c3ccc(-c4ccccc4)cc3)c3ccc(-c4ccccc4)cc3)cccc21. The second-order valence-corrected chi connectivity index (χ2v) is 12.2. The molecule has 0 saturated heterocycles. The topological polar surface area (TPSA) is 3.24 Å². The molecular weight excluding hydrogens is 530 g/mol. The summed E-state index contributed by atoms with van der Waals surface area (Å²) in [7, 11) is 0. The van der Waals surface area contributed by atoms with Crippen molar-refractivity contribution in [2.24, 2.45) is 0 Å². The maximum atomic E-state index is 2.43. The van der Waals surface area contributed by atoms with E-state index < -0.39 is 0 Å². The second kappa shape index (κ2) is 10.4. The van der Waals surface area contributed by atoms with Crippen molar-refractivity contribution in [3.63, 3.8) is 0 Å². The number of anilines is 3. The lowest BCUT2D eigenvalue weighted by Crippen LogP contribution is -2.16. The average molecular weight is 564 g/mol. The molecule has 210 valence electrons. The number of hydrogen-bond acceptors (Lipinski definition) is 1. The molecule has 7 aromatic rings. The summed E-state index contributed by atoms with van der Waals surface area (Å²) in [6.07, 6.45) is 0. The van der Waals surface area contributed by atoms with Crippen LogP contribution < -0.4 is 4.90 Å². The number of benzene rings is 7. The fraction of sp³-hybridized carbons (Fsp3) is 0.0698. The van der Waals surface area contributed by atoms with Gasteiger partial charge in [-0.2, -0.15) is 0 Å². The van der Waals surface area contributed by atoms with Gasteiger partial charge in [0.05, 0.1) is 5.69 Å². The standard InChI is InChI=1S/C43H33N/c1-43(2)39-18-11-19-41(42(39)38-28-34-16-9-10-17-35(34)29-40(38)43)44(36-24-20-32(21-25-36)30-12-5-3-6-13-30)37-26-22-33(23-27-37)31-14-7-4-8-15-31/h3-29H,1-2H3. The van der Waals surface area contributed by atoms with Gasteiger partial charge in [-0.25, -0.2) is 0 Å². The lowest BCUT2D eigenvalue weighted by molar-refractivity contribution is 0.661. The Labute approximate surface area is 259 Å². The van der Waals surface area contributed by atoms with E-state index in [1.807, 2.05) is 0 Å². The largest absolute Gasteiger partial charge is 0.310 e. The van der Waals surface area contributed by atoms with Crippen LogP contribution in [0, 0.1) is 0 Å². The summed E-state index contributed by atoms with van der Waals surface area (Å²) in [5.74, 6) is 0. The third-order valence-corrected chi connectivity index (χ3v) is 9.25. The Hall–Kier alpha value is -5.40. The number of rotatable bonds is 5. The van der Waals surface area contributed by atoms with Crippen LogP contribution >= 0.6 is 0 Å². The quantitative estimate of drug-likeness (QED) is 0.201. The summed E-state index contributed by atoms with van der Waals surface area (Å²) in [4.78, 5) is 2.43. The first-order valence-electron chi connectivity index (χ1n) is 15.4. The molecule has 0 aromatic heterocycles. The van der Waals surface area contributed by atoms with Gasteiger partial charge in [0.25, 0.3) is 0 Å². The van der Waals surface area contributed by atoms with E-state index >= 15 is 0 Å². The van der Waals surface area contributed by atoms with Crippen molar-refractivity contribution in [3.05, 3.63) is 175 Å². The molecule has 7 aromatic carbocycles. The van der Waals surface area contributed by atoms with Crippen LogP contribution in [0.4, 0.5) is 17.1 Å². The van der Waals surface area contributed by atoms with Crippen LogP contribution in [0.5, 0.6) is 0 Å². The van der Waals surface area contributed by atoms with Gasteiger partial charge in [0.15, 0.2) is 0 Å². The average Bonchev–Trinajstić information content (AvgIpc) is 3.31. The highest BCUT2D eigenvalue weighted by molar-refractivity contribution is 6.00. The van der Waals surface area contributed by atoms with Crippen LogP contribution in [0.1, 0.15) is 25.0 Å². The van der Waals surface area contributed by atoms with Crippen molar-refractivity contribution >= 4 is 27.8 Å². The van der Waals surface area contributed by atoms with Gasteiger partial charge < -0.3 is 4.90 Å². The number of hydrogen-bond donors (Lipinski definition) is 0. The van der Waals surface area contributed by atoms with Crippen molar-refractivity contribution in [1.82, 2.24) is 0 Å². The van der Waals surface area contributed by atoms with Crippen molar-refractivity contribution in [1.29, 1.82) is 0 Å². The van der Waals surface area contributed by atoms with Crippen LogP contribution in [0.2, 0.25) is 0 Å². The summed E-state index contributed by atoms with van der Waals surface area (Å²) in [5.41, 5.74) is 13.6. The molecule has 0 N–H and O–H groups in total. The maximum absolute atomic E-state index is 2.43. The summed E-state index contributed by atoms with van der Waals surface area (Å²) in [6, 6.07) is 59.6. The number of nitrogens with zero attached hydrogens (tertiary/aromatic N) is 1. The van der Waals surface area contributed by atoms with Crippen LogP contribution in [-0.4, -0.2) is 0 Å². The highest BCUT2D eigenvalue weighted by atomic mass is 15.1. The Morgan fingerprint density at radius 3 is 1.43 bits per heavy atom. The highest BCUT2D eigenvalue weighted by Crippen LogP contribution is 2.55. The lowest BCUT2D eigenvalue weighted by Gasteiger charge is -2.29. The van der Waals surface area contributed by atoms with E-state index in [1.54, 1.807) is 0 Å². The molecule has 0 radical (unpaired) electrons. The van der Waals surface area contributed by atoms with Crippen molar-refractivity contribution < 1.29 is 0 Å². The highest BCUT2D eigenvalue weighted by Gasteiger charge is 2.38. The van der Waals surface area contributed by atoms with Gasteiger partial charge in [-0.3, -0.25) is 0 Å². The summed E-state index contributed by atoms with van der Waals surface area (Å²) in [6.45, 7) is 4.73. The molecule has 0 amide bonds. The molecule has 0 spiro atoms. The Balaban J connectivity index is 1.33. The smallest absolute Gasteiger partial charge is 0.0543 e. The zero-order chi connectivity index (χ0) is 29.7. The van der Waals surface area contributed by atoms with E-state index in [2.05, 4.69) is 183 Å². The van der Waals surface area contributed by atoms with Gasteiger partial charge in [0.1, 0.15) is 0 Å². The fourth-order valence-corrected chi connectivity index (χ4v) is 6.93. The van der Waals surface area contributed by atoms with E-state index in [4.69, 9.17) is 0 Å². The molecule has 1 aliphatic rings. The fourth-order valence-electron chi connectivity index (χ4n) is 6.93. The van der Waals surface area contributed by atoms with Crippen LogP contribution in [-0.2, 0) is 5.41 Å². The molecule has 0 unspecified atom stereocenters. The van der Waals surface area contributed by atoms with E-state index in [1.165, 1.54) is 61.0 Å². The van der Waals surface area contributed by atoms with E-state index in [0.717, 1.165) is 11.4 Å². The molecule has 0 aliphatic heterocycles. The Morgan fingerprint density at radius 1 is 0.409 bits per heavy atom. The zero-order valence-corrected chi connectivity index (χ0v) is 25.0. The molecule has 0 atom stereocenters. The van der Waals surface area contributed by atoms with Crippen molar-refractivity contribution in [2.75, 3.05) is 4.90 Å². The number of fused-ring (bicyclic) bond motifs is 4. The first-order chi connectivity index (χ1) is 21.6. The molecule has 0 bridgehead atoms. The minimum Gasteiger partial charge on any atom is -0.310 e. The summed E-state index contributed by atoms with van der Waals surface area (Å²) >= 11 is 0. The first-order valence-corrected chi connectivity index (χ1v) is 15.4. The van der Waals surface area contributed by atoms with Crippen LogP contribution in [0.15, 0.2) is 164 Å². The molecule has 1 heteroatoms. The van der Waals surface area contributed by atoms with E-state index in [9.17, 15) is 0 Å². The third kappa shape index (κ3) is 4.32. The monoisotopic (exact) mass is 563 g/mol. The zero-order valence-electron chi connectivity index (χ0n) is 25.0. The van der Waals surface area contributed by atoms with Gasteiger partial charge in [-0.05, 0) is 92.2 Å². The Morgan fingerprint density at radius 2 is 0.886 bits per heavy atom. The van der Waals surface area contributed by atoms with Crippen LogP contribution in [0.25, 0.3) is 44.2 Å². The van der Waals surface area contributed by atoms with Gasteiger partial charge in [-0.1, -0.05) is 135 Å². The Kier molecular flexibility index (Phi) is 6.20. The van der Waals surface area contributed by atoms with Crippen molar-refractivity contribution in [3.8, 4) is 33.4 Å². The first kappa shape index (κ1) is 26.2. The van der Waals surface area contributed by atoms with Crippen molar-refractivity contribution in [2.45, 2.75) is 19.3 Å². The summed E-state index contributed by atoms with van der Waals surface area (Å²) in [5, 5.41) is 2.56. The maximum Gasteiger partial charge on any atom is 0.0543 e. The molecule has 0 heterocycles. The Bertz CT molecular complexity index is 2020. The van der Waals surface area contributed by atoms with Gasteiger partial charge >= 0.3 is 0 Å². The molecule has 1 nitrogen and oxygen atoms in total.